The molecular formula is C22H21Br2F4NO6. The molecule has 0 aliphatic carbocycles. The van der Waals surface area contributed by atoms with Gasteiger partial charge in [-0.1, -0.05) is 15.9 Å². The molecule has 0 heterocycles. The Morgan fingerprint density at radius 1 is 0.914 bits per heavy atom. The lowest BCUT2D eigenvalue weighted by molar-refractivity contribution is -0.137. The number of amides is 1. The summed E-state index contributed by atoms with van der Waals surface area (Å²) in [6.45, 7) is 5.01. The molecular weight excluding hydrogens is 610 g/mol. The van der Waals surface area contributed by atoms with Crippen LogP contribution in [-0.4, -0.2) is 39.9 Å². The molecule has 0 radical (unpaired) electrons. The monoisotopic (exact) mass is 629 g/mol. The van der Waals surface area contributed by atoms with E-state index in [0.717, 1.165) is 18.2 Å². The molecule has 0 fully saturated rings. The maximum Gasteiger partial charge on any atom is 0.407 e. The molecule has 0 spiro atoms. The number of hydrogen-bond donors (Lipinski definition) is 3. The van der Waals surface area contributed by atoms with Crippen molar-refractivity contribution in [3.63, 3.8) is 0 Å². The summed E-state index contributed by atoms with van der Waals surface area (Å²) in [6.07, 6.45) is -1.16. The number of nitrogens with one attached hydrogen (secondary N) is 1. The second-order valence-electron chi connectivity index (χ2n) is 8.05. The molecule has 0 aliphatic heterocycles. The lowest BCUT2D eigenvalue weighted by Crippen LogP contribution is -2.41. The number of carbonyl (C=O) groups excluding carboxylic acids is 1. The van der Waals surface area contributed by atoms with Crippen molar-refractivity contribution >= 4 is 49.9 Å². The van der Waals surface area contributed by atoms with Crippen molar-refractivity contribution in [1.29, 1.82) is 0 Å². The highest BCUT2D eigenvalue weighted by Gasteiger charge is 2.23. The summed E-state index contributed by atoms with van der Waals surface area (Å²) >= 11 is 5.89. The summed E-state index contributed by atoms with van der Waals surface area (Å²) in [6, 6.07) is 2.49. The molecule has 0 saturated heterocycles. The predicted molar refractivity (Wildman–Crippen MR) is 124 cm³/mol. The van der Waals surface area contributed by atoms with Crippen molar-refractivity contribution < 1.29 is 46.9 Å². The van der Waals surface area contributed by atoms with E-state index in [4.69, 9.17) is 14.9 Å². The fourth-order valence-corrected chi connectivity index (χ4v) is 3.49. The number of rotatable bonds is 6. The van der Waals surface area contributed by atoms with Crippen LogP contribution < -0.4 is 5.32 Å². The summed E-state index contributed by atoms with van der Waals surface area (Å²) < 4.78 is 56.7. The van der Waals surface area contributed by atoms with Gasteiger partial charge in [-0.25, -0.2) is 27.2 Å². The van der Waals surface area contributed by atoms with Gasteiger partial charge in [0.15, 0.2) is 23.3 Å². The van der Waals surface area contributed by atoms with Crippen molar-refractivity contribution in [1.82, 2.24) is 5.32 Å². The van der Waals surface area contributed by atoms with Gasteiger partial charge in [-0.15, -0.1) is 0 Å². The summed E-state index contributed by atoms with van der Waals surface area (Å²) in [5, 5.41) is 19.8. The number of carboxylic acids is 2. The number of halogens is 6. The first-order valence-electron chi connectivity index (χ1n) is 9.72. The Bertz CT molecular complexity index is 1110. The van der Waals surface area contributed by atoms with E-state index in [2.05, 4.69) is 37.2 Å². The number of benzene rings is 2. The van der Waals surface area contributed by atoms with Crippen LogP contribution in [0.2, 0.25) is 0 Å². The topological polar surface area (TPSA) is 113 Å². The Kier molecular flexibility index (Phi) is 11.2. The van der Waals surface area contributed by atoms with Gasteiger partial charge in [0.05, 0.1) is 12.0 Å². The van der Waals surface area contributed by atoms with Gasteiger partial charge < -0.3 is 20.3 Å². The van der Waals surface area contributed by atoms with E-state index >= 15 is 0 Å². The quantitative estimate of drug-likeness (QED) is 0.264. The Labute approximate surface area is 214 Å². The molecule has 1 amide bonds. The summed E-state index contributed by atoms with van der Waals surface area (Å²) in [5.74, 6) is -6.75. The van der Waals surface area contributed by atoms with Crippen molar-refractivity contribution in [2.75, 3.05) is 0 Å². The first-order chi connectivity index (χ1) is 16.0. The first-order valence-corrected chi connectivity index (χ1v) is 11.3. The minimum absolute atomic E-state index is 0.00330. The fourth-order valence-electron chi connectivity index (χ4n) is 2.53. The van der Waals surface area contributed by atoms with Crippen molar-refractivity contribution in [3.8, 4) is 0 Å². The Balaban J connectivity index is 0.000000427. The van der Waals surface area contributed by atoms with Gasteiger partial charge >= 0.3 is 18.0 Å². The zero-order chi connectivity index (χ0) is 27.1. The summed E-state index contributed by atoms with van der Waals surface area (Å²) in [7, 11) is 0. The van der Waals surface area contributed by atoms with Gasteiger partial charge in [0.1, 0.15) is 5.60 Å². The van der Waals surface area contributed by atoms with Gasteiger partial charge in [-0.3, -0.25) is 4.79 Å². The molecule has 3 N–H and O–H groups in total. The molecule has 2 aromatic carbocycles. The second kappa shape index (κ2) is 12.9. The number of alkyl carbamates (subject to hydrolysis) is 1. The third-order valence-electron chi connectivity index (χ3n) is 3.94. The molecule has 0 bridgehead atoms. The molecule has 0 aliphatic rings. The minimum Gasteiger partial charge on any atom is -0.481 e. The average molecular weight is 631 g/mol. The molecule has 0 unspecified atom stereocenters. The highest BCUT2D eigenvalue weighted by molar-refractivity contribution is 9.10. The van der Waals surface area contributed by atoms with Crippen LogP contribution in [0.25, 0.3) is 0 Å². The third kappa shape index (κ3) is 10.6. The predicted octanol–water partition coefficient (Wildman–Crippen LogP) is 6.06. The minimum atomic E-state index is -1.30. The zero-order valence-corrected chi connectivity index (χ0v) is 21.8. The highest BCUT2D eigenvalue weighted by Crippen LogP contribution is 2.23. The van der Waals surface area contributed by atoms with Gasteiger partial charge in [0, 0.05) is 15.0 Å². The average Bonchev–Trinajstić information content (AvgIpc) is 2.67. The highest BCUT2D eigenvalue weighted by atomic mass is 79.9. The van der Waals surface area contributed by atoms with E-state index in [1.54, 1.807) is 20.8 Å². The number of aromatic carboxylic acids is 1. The molecule has 2 rings (SSSR count). The molecule has 192 valence electrons. The van der Waals surface area contributed by atoms with Gasteiger partial charge in [0.25, 0.3) is 0 Å². The molecule has 35 heavy (non-hydrogen) atoms. The van der Waals surface area contributed by atoms with Gasteiger partial charge in [-0.05, 0) is 73.0 Å². The van der Waals surface area contributed by atoms with Crippen molar-refractivity contribution in [3.05, 3.63) is 67.6 Å². The summed E-state index contributed by atoms with van der Waals surface area (Å²) in [4.78, 5) is 33.1. The maximum atomic E-state index is 13.3. The molecule has 0 aromatic heterocycles. The van der Waals surface area contributed by atoms with Gasteiger partial charge in [0.2, 0.25) is 0 Å². The normalized spacial score (nSPS) is 11.7. The van der Waals surface area contributed by atoms with Crippen LogP contribution in [0.5, 0.6) is 0 Å². The number of hydrogen-bond acceptors (Lipinski definition) is 4. The molecule has 0 saturated carbocycles. The smallest absolute Gasteiger partial charge is 0.407 e. The van der Waals surface area contributed by atoms with Crippen LogP contribution in [0.15, 0.2) is 33.2 Å². The Morgan fingerprint density at radius 2 is 1.40 bits per heavy atom. The number of carbonyl (C=O) groups is 3. The van der Waals surface area contributed by atoms with Crippen molar-refractivity contribution in [2.24, 2.45) is 0 Å². The van der Waals surface area contributed by atoms with E-state index in [1.807, 2.05) is 0 Å². The van der Waals surface area contributed by atoms with Crippen LogP contribution in [0.4, 0.5) is 22.4 Å². The maximum absolute atomic E-state index is 13.3. The molecule has 7 nitrogen and oxygen atoms in total. The second-order valence-corrected chi connectivity index (χ2v) is 9.76. The largest absolute Gasteiger partial charge is 0.481 e. The van der Waals surface area contributed by atoms with E-state index in [1.165, 1.54) is 0 Å². The van der Waals surface area contributed by atoms with E-state index in [-0.39, 0.29) is 27.4 Å². The van der Waals surface area contributed by atoms with Crippen LogP contribution in [-0.2, 0) is 16.0 Å². The standard InChI is InChI=1S/C15H18BrF2NO4.C7H3BrF2O2/c1-15(2,3)23-14(22)19-9(6-13(20)21)4-8-5-11(17)12(18)7-10(8)16;8-4-2-6(10)5(9)1-3(4)7(11)12/h5,7,9H,4,6H2,1-3H3,(H,19,22)(H,20,21);1-2H,(H,11,12)/t9-;/m1./s1. The molecule has 2 aromatic rings. The number of ether oxygens (including phenoxy) is 1. The third-order valence-corrected chi connectivity index (χ3v) is 5.33. The van der Waals surface area contributed by atoms with Crippen LogP contribution in [0.1, 0.15) is 43.1 Å². The summed E-state index contributed by atoms with van der Waals surface area (Å²) in [5.41, 5.74) is -0.694. The Morgan fingerprint density at radius 3 is 1.89 bits per heavy atom. The lowest BCUT2D eigenvalue weighted by atomic mass is 10.0. The van der Waals surface area contributed by atoms with Crippen molar-refractivity contribution in [2.45, 2.75) is 45.3 Å². The van der Waals surface area contributed by atoms with Crippen LogP contribution in [0, 0.1) is 23.3 Å². The lowest BCUT2D eigenvalue weighted by Gasteiger charge is -2.23. The first kappa shape index (κ1) is 30.4. The fraction of sp³-hybridized carbons (Fsp3) is 0.318. The number of aliphatic carboxylic acids is 1. The van der Waals surface area contributed by atoms with Crippen LogP contribution >= 0.6 is 31.9 Å². The van der Waals surface area contributed by atoms with Crippen LogP contribution in [0.3, 0.4) is 0 Å². The number of carboxylic acid groups (broad SMARTS) is 2. The van der Waals surface area contributed by atoms with E-state index in [0.29, 0.717) is 11.6 Å². The zero-order valence-electron chi connectivity index (χ0n) is 18.6. The Hall–Kier alpha value is -2.67. The van der Waals surface area contributed by atoms with Gasteiger partial charge in [-0.2, -0.15) is 0 Å². The molecule has 13 heteroatoms. The molecule has 1 atom stereocenters. The van der Waals surface area contributed by atoms with E-state index < -0.39 is 52.9 Å². The van der Waals surface area contributed by atoms with E-state index in [9.17, 15) is 31.9 Å². The SMILES string of the molecule is CC(C)(C)OC(=O)N[C@@H](CC(=O)O)Cc1cc(F)c(F)cc1Br.O=C(O)c1cc(F)c(F)cc1Br.